The number of H-pyrrole nitrogens is 1. The smallest absolute Gasteiger partial charge is 0.346 e. The molecule has 7 nitrogen and oxygen atoms in total. The average Bonchev–Trinajstić information content (AvgIpc) is 3.15. The van der Waals surface area contributed by atoms with Gasteiger partial charge in [0, 0.05) is 30.2 Å². The molecular formula is C23H19F3N6OS. The monoisotopic (exact) mass is 484 g/mol. The first-order valence-corrected chi connectivity index (χ1v) is 10.5. The summed E-state index contributed by atoms with van der Waals surface area (Å²) < 4.78 is 41.0. The fourth-order valence-electron chi connectivity index (χ4n) is 3.30. The van der Waals surface area contributed by atoms with Gasteiger partial charge in [0.15, 0.2) is 5.82 Å². The summed E-state index contributed by atoms with van der Waals surface area (Å²) in [5.41, 5.74) is 2.45. The molecule has 0 atom stereocenters. The number of rotatable bonds is 5. The van der Waals surface area contributed by atoms with Crippen molar-refractivity contribution in [2.45, 2.75) is 13.1 Å². The number of aromatic amines is 1. The quantitative estimate of drug-likeness (QED) is 0.309. The molecule has 0 fully saturated rings. The van der Waals surface area contributed by atoms with Crippen LogP contribution < -0.4 is 10.6 Å². The molecule has 2 aromatic carbocycles. The van der Waals surface area contributed by atoms with Crippen molar-refractivity contribution < 1.29 is 18.0 Å². The molecule has 34 heavy (non-hydrogen) atoms. The van der Waals surface area contributed by atoms with E-state index in [9.17, 15) is 18.0 Å². The zero-order chi connectivity index (χ0) is 24.5. The van der Waals surface area contributed by atoms with Gasteiger partial charge in [-0.2, -0.15) is 18.3 Å². The number of carbonyl (C=O) groups excluding carboxylic acids is 1. The van der Waals surface area contributed by atoms with Gasteiger partial charge in [-0.1, -0.05) is 24.4 Å². The van der Waals surface area contributed by atoms with E-state index in [-0.39, 0.29) is 5.56 Å². The lowest BCUT2D eigenvalue weighted by molar-refractivity contribution is -0.137. The summed E-state index contributed by atoms with van der Waals surface area (Å²) in [6.45, 7) is 1.88. The van der Waals surface area contributed by atoms with E-state index in [0.29, 0.717) is 21.8 Å². The van der Waals surface area contributed by atoms with Gasteiger partial charge in [-0.3, -0.25) is 9.48 Å². The minimum Gasteiger partial charge on any atom is -0.346 e. The summed E-state index contributed by atoms with van der Waals surface area (Å²) in [7, 11) is 1.78. The second-order valence-corrected chi connectivity index (χ2v) is 7.97. The van der Waals surface area contributed by atoms with E-state index >= 15 is 0 Å². The van der Waals surface area contributed by atoms with Gasteiger partial charge in [0.05, 0.1) is 23.1 Å². The molecule has 11 heteroatoms. The largest absolute Gasteiger partial charge is 0.416 e. The highest BCUT2D eigenvalue weighted by atomic mass is 32.1. The molecule has 0 aliphatic heterocycles. The summed E-state index contributed by atoms with van der Waals surface area (Å²) in [6, 6.07) is 11.1. The molecule has 174 valence electrons. The van der Waals surface area contributed by atoms with E-state index in [1.165, 1.54) is 18.5 Å². The van der Waals surface area contributed by atoms with E-state index in [1.54, 1.807) is 36.0 Å². The Balaban J connectivity index is 1.60. The molecule has 0 unspecified atom stereocenters. The number of amides is 1. The van der Waals surface area contributed by atoms with Crippen LogP contribution in [-0.4, -0.2) is 25.7 Å². The third-order valence-electron chi connectivity index (χ3n) is 5.00. The maximum Gasteiger partial charge on any atom is 0.416 e. The lowest BCUT2D eigenvalue weighted by Gasteiger charge is -2.13. The van der Waals surface area contributed by atoms with E-state index in [0.717, 1.165) is 29.0 Å². The highest BCUT2D eigenvalue weighted by Crippen LogP contribution is 2.31. The van der Waals surface area contributed by atoms with Crippen molar-refractivity contribution in [3.05, 3.63) is 82.4 Å². The molecule has 0 spiro atoms. The van der Waals surface area contributed by atoms with Crippen molar-refractivity contribution in [1.82, 2.24) is 19.7 Å². The van der Waals surface area contributed by atoms with Gasteiger partial charge in [-0.05, 0) is 48.9 Å². The van der Waals surface area contributed by atoms with Gasteiger partial charge in [0.2, 0.25) is 0 Å². The predicted molar refractivity (Wildman–Crippen MR) is 125 cm³/mol. The number of benzene rings is 2. The van der Waals surface area contributed by atoms with Crippen molar-refractivity contribution in [3.8, 4) is 11.3 Å². The Kier molecular flexibility index (Phi) is 6.20. The molecule has 1 amide bonds. The standard InChI is InChI=1S/C23H19F3N6OS/c1-13-6-7-16(29-22(33)14-4-3-5-15(8-14)23(24,25)26)9-18(13)30-21-17(11-32(2)31-21)19-10-20(34)28-12-27-19/h3-12H,1-2H3,(H,29,33)(H,30,31)(H,27,28,34). The molecule has 0 saturated heterocycles. The molecule has 0 bridgehead atoms. The van der Waals surface area contributed by atoms with Crippen LogP contribution in [0.3, 0.4) is 0 Å². The van der Waals surface area contributed by atoms with Crippen LogP contribution in [0.1, 0.15) is 21.5 Å². The first-order chi connectivity index (χ1) is 16.1. The number of carbonyl (C=O) groups is 1. The first-order valence-electron chi connectivity index (χ1n) is 10.1. The number of hydrogen-bond donors (Lipinski definition) is 3. The molecular weight excluding hydrogens is 465 g/mol. The fourth-order valence-corrected chi connectivity index (χ4v) is 3.47. The Hall–Kier alpha value is -3.99. The lowest BCUT2D eigenvalue weighted by atomic mass is 10.1. The molecule has 0 aliphatic rings. The minimum atomic E-state index is -4.53. The molecule has 0 saturated carbocycles. The predicted octanol–water partition coefficient (Wildman–Crippen LogP) is 5.86. The lowest BCUT2D eigenvalue weighted by Crippen LogP contribution is -2.14. The Morgan fingerprint density at radius 1 is 1.15 bits per heavy atom. The third kappa shape index (κ3) is 5.15. The minimum absolute atomic E-state index is 0.0927. The highest BCUT2D eigenvalue weighted by molar-refractivity contribution is 7.71. The van der Waals surface area contributed by atoms with Crippen LogP contribution in [0.25, 0.3) is 11.3 Å². The molecule has 0 aliphatic carbocycles. The van der Waals surface area contributed by atoms with Crippen LogP contribution in [0.2, 0.25) is 0 Å². The van der Waals surface area contributed by atoms with E-state index in [4.69, 9.17) is 12.2 Å². The van der Waals surface area contributed by atoms with E-state index < -0.39 is 17.6 Å². The molecule has 2 heterocycles. The van der Waals surface area contributed by atoms with Crippen molar-refractivity contribution in [1.29, 1.82) is 0 Å². The first kappa shape index (κ1) is 23.2. The van der Waals surface area contributed by atoms with E-state index in [2.05, 4.69) is 25.7 Å². The zero-order valence-electron chi connectivity index (χ0n) is 18.1. The number of aromatic nitrogens is 4. The highest BCUT2D eigenvalue weighted by Gasteiger charge is 2.30. The second kappa shape index (κ2) is 9.10. The number of anilines is 3. The van der Waals surface area contributed by atoms with Crippen molar-refractivity contribution in [2.75, 3.05) is 10.6 Å². The summed E-state index contributed by atoms with van der Waals surface area (Å²) in [4.78, 5) is 19.6. The van der Waals surface area contributed by atoms with Gasteiger partial charge >= 0.3 is 6.18 Å². The van der Waals surface area contributed by atoms with Crippen LogP contribution in [0.15, 0.2) is 61.1 Å². The maximum absolute atomic E-state index is 13.0. The van der Waals surface area contributed by atoms with Crippen molar-refractivity contribution in [2.24, 2.45) is 7.05 Å². The molecule has 4 rings (SSSR count). The summed E-state index contributed by atoms with van der Waals surface area (Å²) in [6.07, 6.45) is -1.21. The van der Waals surface area contributed by atoms with Crippen LogP contribution in [0.5, 0.6) is 0 Å². The zero-order valence-corrected chi connectivity index (χ0v) is 18.9. The normalized spacial score (nSPS) is 11.3. The van der Waals surface area contributed by atoms with Crippen LogP contribution in [0.4, 0.5) is 30.4 Å². The molecule has 3 N–H and O–H groups in total. The van der Waals surface area contributed by atoms with Crippen LogP contribution in [-0.2, 0) is 13.2 Å². The summed E-state index contributed by atoms with van der Waals surface area (Å²) in [5, 5.41) is 10.4. The number of alkyl halides is 3. The Morgan fingerprint density at radius 2 is 1.94 bits per heavy atom. The number of aryl methyl sites for hydroxylation is 2. The van der Waals surface area contributed by atoms with Crippen molar-refractivity contribution >= 4 is 35.3 Å². The summed E-state index contributed by atoms with van der Waals surface area (Å²) in [5.74, 6) is -0.104. The molecule has 2 aromatic heterocycles. The van der Waals surface area contributed by atoms with E-state index in [1.807, 2.05) is 13.1 Å². The number of nitrogens with one attached hydrogen (secondary N) is 3. The number of nitrogens with zero attached hydrogens (tertiary/aromatic N) is 3. The summed E-state index contributed by atoms with van der Waals surface area (Å²) >= 11 is 5.14. The fraction of sp³-hybridized carbons (Fsp3) is 0.130. The Labute approximate surface area is 197 Å². The Morgan fingerprint density at radius 3 is 2.68 bits per heavy atom. The Bertz CT molecular complexity index is 1430. The van der Waals surface area contributed by atoms with Gasteiger partial charge in [0.1, 0.15) is 4.64 Å². The molecule has 4 aromatic rings. The third-order valence-corrected chi connectivity index (χ3v) is 5.22. The van der Waals surface area contributed by atoms with Gasteiger partial charge in [0.25, 0.3) is 5.91 Å². The van der Waals surface area contributed by atoms with Crippen LogP contribution in [0, 0.1) is 11.6 Å². The van der Waals surface area contributed by atoms with Crippen LogP contribution >= 0.6 is 12.2 Å². The SMILES string of the molecule is Cc1ccc(NC(=O)c2cccc(C(F)(F)F)c2)cc1Nc1nn(C)cc1-c1cc(=S)nc[nH]1. The van der Waals surface area contributed by atoms with Gasteiger partial charge in [-0.25, -0.2) is 4.98 Å². The number of hydrogen-bond acceptors (Lipinski definition) is 5. The van der Waals surface area contributed by atoms with Gasteiger partial charge in [-0.15, -0.1) is 0 Å². The van der Waals surface area contributed by atoms with Gasteiger partial charge < -0.3 is 15.6 Å². The second-order valence-electron chi connectivity index (χ2n) is 7.55. The molecule has 0 radical (unpaired) electrons. The topological polar surface area (TPSA) is 87.6 Å². The average molecular weight is 485 g/mol. The maximum atomic E-state index is 13.0. The number of halogens is 3. The van der Waals surface area contributed by atoms with Crippen molar-refractivity contribution in [3.63, 3.8) is 0 Å².